The number of hydrogen-bond acceptors (Lipinski definition) is 3. The number of rotatable bonds is 4. The maximum Gasteiger partial charge on any atom is 0.280 e. The number of fused-ring (bicyclic) bond motifs is 1. The summed E-state index contributed by atoms with van der Waals surface area (Å²) in [5, 5.41) is 4.61. The molecule has 27 heavy (non-hydrogen) atoms. The van der Waals surface area contributed by atoms with Gasteiger partial charge in [0.2, 0.25) is 0 Å². The van der Waals surface area contributed by atoms with Gasteiger partial charge in [-0.3, -0.25) is 0 Å². The monoisotopic (exact) mass is 388 g/mol. The van der Waals surface area contributed by atoms with Crippen molar-refractivity contribution < 1.29 is 8.42 Å². The van der Waals surface area contributed by atoms with E-state index in [4.69, 9.17) is 0 Å². The number of hydrogen-bond donors (Lipinski definition) is 1. The number of aryl methyl sites for hydroxylation is 1. The highest BCUT2D eigenvalue weighted by Crippen LogP contribution is 2.41. The smallest absolute Gasteiger partial charge is 0.237 e. The van der Waals surface area contributed by atoms with Crippen LogP contribution in [0.1, 0.15) is 56.0 Å². The quantitative estimate of drug-likeness (QED) is 0.875. The summed E-state index contributed by atoms with van der Waals surface area (Å²) in [5.41, 5.74) is 4.31. The van der Waals surface area contributed by atoms with Crippen molar-refractivity contribution in [2.75, 3.05) is 13.1 Å². The van der Waals surface area contributed by atoms with Crippen molar-refractivity contribution in [2.45, 2.75) is 52.5 Å². The molecule has 1 atom stereocenters. The van der Waals surface area contributed by atoms with Gasteiger partial charge in [-0.1, -0.05) is 31.5 Å². The van der Waals surface area contributed by atoms with E-state index in [0.29, 0.717) is 13.1 Å². The molecular weight excluding hydrogens is 360 g/mol. The molecule has 1 aromatic heterocycles. The first-order chi connectivity index (χ1) is 12.8. The van der Waals surface area contributed by atoms with E-state index >= 15 is 0 Å². The van der Waals surface area contributed by atoms with Crippen molar-refractivity contribution in [3.8, 4) is 5.69 Å². The molecule has 0 saturated carbocycles. The Bertz CT molecular complexity index is 925. The molecular formula is C20H28N4O2S. The molecule has 1 saturated heterocycles. The second-order valence-corrected chi connectivity index (χ2v) is 10.3. The van der Waals surface area contributed by atoms with Gasteiger partial charge in [-0.25, -0.2) is 4.68 Å². The Morgan fingerprint density at radius 3 is 2.48 bits per heavy atom. The SMILES string of the molecule is Cc1ccc(-n2ncc3c2CC(C)(C)C[C@@H]3NS(=O)(=O)N2CCCC2)cc1. The molecule has 2 heterocycles. The summed E-state index contributed by atoms with van der Waals surface area (Å²) in [4.78, 5) is 0. The number of benzene rings is 1. The third kappa shape index (κ3) is 3.68. The van der Waals surface area contributed by atoms with E-state index in [1.165, 1.54) is 5.56 Å². The predicted octanol–water partition coefficient (Wildman–Crippen LogP) is 3.12. The minimum Gasteiger partial charge on any atom is -0.237 e. The molecule has 2 aromatic rings. The fourth-order valence-corrected chi connectivity index (χ4v) is 5.70. The Morgan fingerprint density at radius 1 is 1.15 bits per heavy atom. The van der Waals surface area contributed by atoms with E-state index in [1.807, 2.05) is 10.9 Å². The lowest BCUT2D eigenvalue weighted by atomic mass is 9.74. The summed E-state index contributed by atoms with van der Waals surface area (Å²) in [5.74, 6) is 0. The molecule has 1 aliphatic heterocycles. The number of nitrogens with one attached hydrogen (secondary N) is 1. The van der Waals surface area contributed by atoms with Crippen molar-refractivity contribution in [3.63, 3.8) is 0 Å². The fourth-order valence-electron chi connectivity index (χ4n) is 4.24. The highest BCUT2D eigenvalue weighted by molar-refractivity contribution is 7.87. The van der Waals surface area contributed by atoms with Gasteiger partial charge in [0.25, 0.3) is 10.2 Å². The van der Waals surface area contributed by atoms with Gasteiger partial charge >= 0.3 is 0 Å². The minimum absolute atomic E-state index is 0.00627. The Morgan fingerprint density at radius 2 is 1.81 bits per heavy atom. The molecule has 4 rings (SSSR count). The van der Waals surface area contributed by atoms with E-state index in [0.717, 1.165) is 42.6 Å². The standard InChI is InChI=1S/C20H28N4O2S/c1-15-6-8-16(9-7-15)24-19-13-20(2,3)12-18(17(19)14-21-24)22-27(25,26)23-10-4-5-11-23/h6-9,14,18,22H,4-5,10-13H2,1-3H3/t18-/m0/s1. The van der Waals surface area contributed by atoms with E-state index < -0.39 is 10.2 Å². The van der Waals surface area contributed by atoms with Gasteiger partial charge in [-0.05, 0) is 50.2 Å². The molecule has 6 nitrogen and oxygen atoms in total. The lowest BCUT2D eigenvalue weighted by molar-refractivity contribution is 0.266. The molecule has 1 fully saturated rings. The lowest BCUT2D eigenvalue weighted by Gasteiger charge is -2.36. The van der Waals surface area contributed by atoms with Gasteiger partial charge in [-0.15, -0.1) is 0 Å². The summed E-state index contributed by atoms with van der Waals surface area (Å²) in [6.45, 7) is 7.68. The lowest BCUT2D eigenvalue weighted by Crippen LogP contribution is -2.43. The van der Waals surface area contributed by atoms with Crippen LogP contribution in [0.2, 0.25) is 0 Å². The zero-order chi connectivity index (χ0) is 19.2. The summed E-state index contributed by atoms with van der Waals surface area (Å²) in [7, 11) is -3.47. The van der Waals surface area contributed by atoms with Crippen LogP contribution in [0.3, 0.4) is 0 Å². The van der Waals surface area contributed by atoms with E-state index in [2.05, 4.69) is 54.9 Å². The zero-order valence-electron chi connectivity index (χ0n) is 16.3. The van der Waals surface area contributed by atoms with Gasteiger partial charge in [0.1, 0.15) is 0 Å². The first-order valence-corrected chi connectivity index (χ1v) is 11.1. The van der Waals surface area contributed by atoms with Crippen LogP contribution < -0.4 is 4.72 Å². The molecule has 1 N–H and O–H groups in total. The van der Waals surface area contributed by atoms with E-state index in [9.17, 15) is 8.42 Å². The molecule has 1 aromatic carbocycles. The topological polar surface area (TPSA) is 67.2 Å². The summed E-state index contributed by atoms with van der Waals surface area (Å²) < 4.78 is 32.1. The van der Waals surface area contributed by atoms with Gasteiger partial charge in [-0.2, -0.15) is 22.5 Å². The largest absolute Gasteiger partial charge is 0.280 e. The van der Waals surface area contributed by atoms with Gasteiger partial charge in [0.15, 0.2) is 0 Å². The normalized spacial score (nSPS) is 22.7. The van der Waals surface area contributed by atoms with Crippen LogP contribution in [0.4, 0.5) is 0 Å². The molecule has 0 radical (unpaired) electrons. The first kappa shape index (κ1) is 18.7. The molecule has 0 spiro atoms. The van der Waals surface area contributed by atoms with Crippen LogP contribution in [-0.2, 0) is 16.6 Å². The van der Waals surface area contributed by atoms with Crippen molar-refractivity contribution in [2.24, 2.45) is 5.41 Å². The fraction of sp³-hybridized carbons (Fsp3) is 0.550. The Hall–Kier alpha value is -1.70. The first-order valence-electron chi connectivity index (χ1n) is 9.66. The van der Waals surface area contributed by atoms with Crippen molar-refractivity contribution >= 4 is 10.2 Å². The highest BCUT2D eigenvalue weighted by atomic mass is 32.2. The maximum atomic E-state index is 12.8. The van der Waals surface area contributed by atoms with Crippen molar-refractivity contribution in [1.82, 2.24) is 18.8 Å². The maximum absolute atomic E-state index is 12.8. The van der Waals surface area contributed by atoms with Crippen LogP contribution in [0.5, 0.6) is 0 Å². The van der Waals surface area contributed by atoms with E-state index in [1.54, 1.807) is 4.31 Å². The second kappa shape index (κ2) is 6.72. The van der Waals surface area contributed by atoms with Crippen molar-refractivity contribution in [3.05, 3.63) is 47.3 Å². The third-order valence-corrected chi connectivity index (χ3v) is 7.28. The third-order valence-electron chi connectivity index (χ3n) is 5.65. The van der Waals surface area contributed by atoms with E-state index in [-0.39, 0.29) is 11.5 Å². The van der Waals surface area contributed by atoms with Gasteiger partial charge in [0, 0.05) is 24.3 Å². The van der Waals surface area contributed by atoms with Crippen molar-refractivity contribution in [1.29, 1.82) is 0 Å². The van der Waals surface area contributed by atoms with Crippen LogP contribution in [0.15, 0.2) is 30.5 Å². The van der Waals surface area contributed by atoms with Crippen LogP contribution in [0.25, 0.3) is 5.69 Å². The second-order valence-electron chi connectivity index (χ2n) is 8.62. The number of aromatic nitrogens is 2. The van der Waals surface area contributed by atoms with Crippen LogP contribution >= 0.6 is 0 Å². The molecule has 1 aliphatic carbocycles. The molecule has 0 amide bonds. The number of nitrogens with zero attached hydrogens (tertiary/aromatic N) is 3. The van der Waals surface area contributed by atoms with Gasteiger partial charge < -0.3 is 0 Å². The zero-order valence-corrected chi connectivity index (χ0v) is 17.1. The highest BCUT2D eigenvalue weighted by Gasteiger charge is 2.38. The molecule has 0 unspecified atom stereocenters. The summed E-state index contributed by atoms with van der Waals surface area (Å²) in [6.07, 6.45) is 5.35. The molecule has 7 heteroatoms. The average Bonchev–Trinajstić information content (AvgIpc) is 3.24. The Labute approximate surface area is 161 Å². The van der Waals surface area contributed by atoms with Gasteiger partial charge in [0.05, 0.1) is 17.9 Å². The van der Waals surface area contributed by atoms with Crippen LogP contribution in [-0.4, -0.2) is 35.6 Å². The minimum atomic E-state index is -3.47. The molecule has 2 aliphatic rings. The average molecular weight is 389 g/mol. The molecule has 0 bridgehead atoms. The summed E-state index contributed by atoms with van der Waals surface area (Å²) in [6, 6.07) is 8.03. The summed E-state index contributed by atoms with van der Waals surface area (Å²) >= 11 is 0. The Balaban J connectivity index is 1.69. The molecule has 146 valence electrons. The Kier molecular flexibility index (Phi) is 4.64. The predicted molar refractivity (Wildman–Crippen MR) is 106 cm³/mol. The van der Waals surface area contributed by atoms with Crippen LogP contribution in [0, 0.1) is 12.3 Å².